The monoisotopic (exact) mass is 492 g/mol. The molecule has 5 amide bonds. The smallest absolute Gasteiger partial charge is 0.406 e. The fourth-order valence-corrected chi connectivity index (χ4v) is 3.55. The van der Waals surface area contributed by atoms with Crippen molar-refractivity contribution in [3.8, 4) is 5.75 Å². The molecule has 1 atom stereocenters. The van der Waals surface area contributed by atoms with Crippen molar-refractivity contribution < 1.29 is 37.1 Å². The fraction of sp³-hybridized carbons (Fsp3) is 0.304. The molecule has 0 aliphatic carbocycles. The van der Waals surface area contributed by atoms with Crippen LogP contribution in [0.25, 0.3) is 0 Å². The molecule has 1 aliphatic rings. The van der Waals surface area contributed by atoms with E-state index in [0.29, 0.717) is 17.0 Å². The molecular weight excluding hydrogens is 469 g/mol. The molecule has 0 radical (unpaired) electrons. The van der Waals surface area contributed by atoms with Gasteiger partial charge in [0.05, 0.1) is 6.54 Å². The minimum atomic E-state index is -4.87. The molecule has 1 fully saturated rings. The number of nitrogens with zero attached hydrogens (tertiary/aromatic N) is 1. The zero-order valence-corrected chi connectivity index (χ0v) is 18.9. The van der Waals surface area contributed by atoms with Gasteiger partial charge in [-0.3, -0.25) is 19.3 Å². The van der Waals surface area contributed by atoms with Crippen LogP contribution in [0.5, 0.6) is 5.75 Å². The first-order chi connectivity index (χ1) is 16.4. The molecule has 35 heavy (non-hydrogen) atoms. The Kier molecular flexibility index (Phi) is 7.32. The maximum Gasteiger partial charge on any atom is 0.573 e. The number of halogens is 3. The third kappa shape index (κ3) is 6.08. The summed E-state index contributed by atoms with van der Waals surface area (Å²) in [7, 11) is 0. The van der Waals surface area contributed by atoms with Crippen molar-refractivity contribution in [1.82, 2.24) is 15.5 Å². The second-order valence-electron chi connectivity index (χ2n) is 7.85. The number of alkyl halides is 3. The fourth-order valence-electron chi connectivity index (χ4n) is 3.55. The van der Waals surface area contributed by atoms with E-state index in [9.17, 15) is 32.3 Å². The lowest BCUT2D eigenvalue weighted by Gasteiger charge is -2.22. The number of aryl methyl sites for hydroxylation is 1. The van der Waals surface area contributed by atoms with Crippen molar-refractivity contribution in [1.29, 1.82) is 0 Å². The Balaban J connectivity index is 1.58. The van der Waals surface area contributed by atoms with Gasteiger partial charge < -0.3 is 20.7 Å². The topological polar surface area (TPSA) is 117 Å². The van der Waals surface area contributed by atoms with Crippen molar-refractivity contribution in [2.24, 2.45) is 0 Å². The number of urea groups is 1. The SMILES string of the molecule is CCc1ccccc1NC(=O)CNC(=O)CN1C(=O)NC(C)(c2ccc(OC(F)(F)F)cc2)C1=O. The number of ether oxygens (including phenoxy) is 1. The summed E-state index contributed by atoms with van der Waals surface area (Å²) in [6, 6.07) is 10.8. The lowest BCUT2D eigenvalue weighted by molar-refractivity contribution is -0.274. The molecule has 3 rings (SSSR count). The summed E-state index contributed by atoms with van der Waals surface area (Å²) in [5.74, 6) is -2.49. The predicted molar refractivity (Wildman–Crippen MR) is 118 cm³/mol. The first-order valence-electron chi connectivity index (χ1n) is 10.6. The van der Waals surface area contributed by atoms with Crippen molar-refractivity contribution in [3.63, 3.8) is 0 Å². The number of hydrogen-bond donors (Lipinski definition) is 3. The minimum absolute atomic E-state index is 0.197. The largest absolute Gasteiger partial charge is 0.573 e. The van der Waals surface area contributed by atoms with Gasteiger partial charge in [-0.2, -0.15) is 0 Å². The summed E-state index contributed by atoms with van der Waals surface area (Å²) in [4.78, 5) is 50.4. The van der Waals surface area contributed by atoms with Crippen LogP contribution in [0.4, 0.5) is 23.7 Å². The molecule has 2 aromatic rings. The highest BCUT2D eigenvalue weighted by molar-refractivity contribution is 6.09. The molecule has 1 unspecified atom stereocenters. The molecular formula is C23H23F3N4O5. The van der Waals surface area contributed by atoms with Crippen molar-refractivity contribution >= 4 is 29.4 Å². The first-order valence-corrected chi connectivity index (χ1v) is 10.6. The van der Waals surface area contributed by atoms with Crippen LogP contribution in [-0.2, 0) is 26.3 Å². The van der Waals surface area contributed by atoms with Crippen LogP contribution in [0.1, 0.15) is 25.0 Å². The van der Waals surface area contributed by atoms with Crippen LogP contribution in [0.3, 0.4) is 0 Å². The van der Waals surface area contributed by atoms with E-state index in [1.165, 1.54) is 19.1 Å². The Morgan fingerprint density at radius 2 is 1.71 bits per heavy atom. The number of carbonyl (C=O) groups is 4. The molecule has 0 saturated carbocycles. The van der Waals surface area contributed by atoms with Gasteiger partial charge in [0.15, 0.2) is 0 Å². The number of carbonyl (C=O) groups excluding carboxylic acids is 4. The number of para-hydroxylation sites is 1. The van der Waals surface area contributed by atoms with E-state index in [2.05, 4.69) is 20.7 Å². The summed E-state index contributed by atoms with van der Waals surface area (Å²) < 4.78 is 40.9. The Bertz CT molecular complexity index is 1140. The van der Waals surface area contributed by atoms with Gasteiger partial charge in [-0.1, -0.05) is 37.3 Å². The molecule has 1 heterocycles. The first kappa shape index (κ1) is 25.5. The standard InChI is InChI=1S/C23H23F3N4O5/c1-3-14-6-4-5-7-17(14)28-18(31)12-27-19(32)13-30-20(33)22(2,29-21(30)34)15-8-10-16(11-9-15)35-23(24,25)26/h4-11H,3,12-13H2,1-2H3,(H,27,32)(H,28,31)(H,29,34). The number of amides is 5. The second kappa shape index (κ2) is 10.0. The zero-order valence-electron chi connectivity index (χ0n) is 18.9. The molecule has 3 N–H and O–H groups in total. The average Bonchev–Trinajstić information content (AvgIpc) is 3.01. The van der Waals surface area contributed by atoms with Gasteiger partial charge in [0.25, 0.3) is 5.91 Å². The van der Waals surface area contributed by atoms with E-state index in [1.807, 2.05) is 19.1 Å². The summed E-state index contributed by atoms with van der Waals surface area (Å²) >= 11 is 0. The summed E-state index contributed by atoms with van der Waals surface area (Å²) in [5, 5.41) is 7.49. The minimum Gasteiger partial charge on any atom is -0.406 e. The number of hydrogen-bond acceptors (Lipinski definition) is 5. The molecule has 12 heteroatoms. The van der Waals surface area contributed by atoms with Crippen molar-refractivity contribution in [3.05, 3.63) is 59.7 Å². The summed E-state index contributed by atoms with van der Waals surface area (Å²) in [6.45, 7) is 2.28. The number of imide groups is 1. The van der Waals surface area contributed by atoms with Gasteiger partial charge in [-0.25, -0.2) is 4.79 Å². The number of anilines is 1. The average molecular weight is 492 g/mol. The maximum absolute atomic E-state index is 12.9. The Morgan fingerprint density at radius 3 is 2.34 bits per heavy atom. The lowest BCUT2D eigenvalue weighted by Crippen LogP contribution is -2.44. The van der Waals surface area contributed by atoms with Crippen LogP contribution < -0.4 is 20.7 Å². The Morgan fingerprint density at radius 1 is 1.06 bits per heavy atom. The van der Waals surface area contributed by atoms with Gasteiger partial charge in [-0.05, 0) is 42.7 Å². The van der Waals surface area contributed by atoms with Crippen LogP contribution in [0.2, 0.25) is 0 Å². The normalized spacial score (nSPS) is 17.7. The number of nitrogens with one attached hydrogen (secondary N) is 3. The molecule has 0 aromatic heterocycles. The molecule has 1 aliphatic heterocycles. The summed E-state index contributed by atoms with van der Waals surface area (Å²) in [6.07, 6.45) is -4.17. The molecule has 0 bridgehead atoms. The van der Waals surface area contributed by atoms with E-state index in [-0.39, 0.29) is 12.1 Å². The van der Waals surface area contributed by atoms with E-state index in [4.69, 9.17) is 0 Å². The van der Waals surface area contributed by atoms with Crippen LogP contribution in [-0.4, -0.2) is 48.1 Å². The highest BCUT2D eigenvalue weighted by atomic mass is 19.4. The van der Waals surface area contributed by atoms with Gasteiger partial charge in [0.2, 0.25) is 11.8 Å². The van der Waals surface area contributed by atoms with E-state index >= 15 is 0 Å². The van der Waals surface area contributed by atoms with E-state index in [1.54, 1.807) is 12.1 Å². The molecule has 0 spiro atoms. The van der Waals surface area contributed by atoms with Gasteiger partial charge in [0, 0.05) is 5.69 Å². The third-order valence-corrected chi connectivity index (χ3v) is 5.36. The van der Waals surface area contributed by atoms with Gasteiger partial charge in [-0.15, -0.1) is 13.2 Å². The highest BCUT2D eigenvalue weighted by Gasteiger charge is 2.49. The van der Waals surface area contributed by atoms with E-state index in [0.717, 1.165) is 17.7 Å². The van der Waals surface area contributed by atoms with Crippen molar-refractivity contribution in [2.45, 2.75) is 32.2 Å². The Labute approximate surface area is 198 Å². The zero-order chi connectivity index (χ0) is 25.8. The molecule has 186 valence electrons. The predicted octanol–water partition coefficient (Wildman–Crippen LogP) is 2.67. The molecule has 2 aromatic carbocycles. The van der Waals surface area contributed by atoms with Gasteiger partial charge >= 0.3 is 12.4 Å². The third-order valence-electron chi connectivity index (χ3n) is 5.36. The molecule has 9 nitrogen and oxygen atoms in total. The lowest BCUT2D eigenvalue weighted by atomic mass is 9.92. The maximum atomic E-state index is 12.9. The van der Waals surface area contributed by atoms with E-state index < -0.39 is 47.9 Å². The highest BCUT2D eigenvalue weighted by Crippen LogP contribution is 2.31. The summed E-state index contributed by atoms with van der Waals surface area (Å²) in [5.41, 5.74) is 0.131. The van der Waals surface area contributed by atoms with Crippen LogP contribution >= 0.6 is 0 Å². The van der Waals surface area contributed by atoms with Gasteiger partial charge in [0.1, 0.15) is 17.8 Å². The molecule has 1 saturated heterocycles. The van der Waals surface area contributed by atoms with Crippen LogP contribution in [0, 0.1) is 0 Å². The number of benzene rings is 2. The van der Waals surface area contributed by atoms with Crippen molar-refractivity contribution in [2.75, 3.05) is 18.4 Å². The van der Waals surface area contributed by atoms with Crippen LogP contribution in [0.15, 0.2) is 48.5 Å². The Hall–Kier alpha value is -4.09. The number of rotatable bonds is 8. The quantitative estimate of drug-likeness (QED) is 0.490. The second-order valence-corrected chi connectivity index (χ2v) is 7.85.